The van der Waals surface area contributed by atoms with Gasteiger partial charge >= 0.3 is 0 Å². The zero-order chi connectivity index (χ0) is 14.2. The molecule has 2 aliphatic heterocycles. The van der Waals surface area contributed by atoms with Crippen molar-refractivity contribution in [3.05, 3.63) is 0 Å². The smallest absolute Gasteiger partial charge is 0.0466 e. The molecule has 0 spiro atoms. The number of likely N-dealkylation sites (tertiary alicyclic amines) is 1. The number of hydrogen-bond acceptors (Lipinski definition) is 4. The number of nitrogens with one attached hydrogen (secondary N) is 1. The summed E-state index contributed by atoms with van der Waals surface area (Å²) in [6.07, 6.45) is 6.60. The van der Waals surface area contributed by atoms with Crippen molar-refractivity contribution in [3.63, 3.8) is 0 Å². The van der Waals surface area contributed by atoms with Gasteiger partial charge in [0.15, 0.2) is 0 Å². The molecule has 0 aromatic heterocycles. The van der Waals surface area contributed by atoms with Crippen LogP contribution in [0.4, 0.5) is 0 Å². The van der Waals surface area contributed by atoms with Crippen LogP contribution >= 0.6 is 0 Å². The predicted molar refractivity (Wildman–Crippen MR) is 84.2 cm³/mol. The molecule has 4 heteroatoms. The summed E-state index contributed by atoms with van der Waals surface area (Å²) in [5, 5.41) is 3.57. The van der Waals surface area contributed by atoms with Gasteiger partial charge in [-0.2, -0.15) is 0 Å². The van der Waals surface area contributed by atoms with Gasteiger partial charge in [-0.1, -0.05) is 0 Å². The van der Waals surface area contributed by atoms with Gasteiger partial charge in [-0.25, -0.2) is 0 Å². The standard InChI is InChI=1S/C16H33N3O/c1-3-20-13-5-4-9-17-10-12-19-11-8-15-6-7-16(14-19)18(15)2/h15-17H,3-14H2,1-2H3. The first-order valence-corrected chi connectivity index (χ1v) is 8.54. The second-order valence-electron chi connectivity index (χ2n) is 6.29. The van der Waals surface area contributed by atoms with Crippen LogP contribution in [-0.2, 0) is 4.74 Å². The van der Waals surface area contributed by atoms with Gasteiger partial charge in [0.25, 0.3) is 0 Å². The van der Waals surface area contributed by atoms with Crippen LogP contribution in [0.1, 0.15) is 39.0 Å². The van der Waals surface area contributed by atoms with Crippen LogP contribution in [0.25, 0.3) is 0 Å². The maximum absolute atomic E-state index is 5.35. The fraction of sp³-hybridized carbons (Fsp3) is 1.00. The van der Waals surface area contributed by atoms with Crippen molar-refractivity contribution in [2.75, 3.05) is 53.0 Å². The number of rotatable bonds is 9. The van der Waals surface area contributed by atoms with Gasteiger partial charge in [-0.15, -0.1) is 0 Å². The van der Waals surface area contributed by atoms with E-state index in [0.29, 0.717) is 0 Å². The lowest BCUT2D eigenvalue weighted by atomic mass is 10.1. The molecule has 0 amide bonds. The Hall–Kier alpha value is -0.160. The van der Waals surface area contributed by atoms with Gasteiger partial charge in [0.05, 0.1) is 0 Å². The molecule has 2 heterocycles. The van der Waals surface area contributed by atoms with Crippen molar-refractivity contribution >= 4 is 0 Å². The fourth-order valence-corrected chi connectivity index (χ4v) is 3.54. The number of unbranched alkanes of at least 4 members (excludes halogenated alkanes) is 1. The largest absolute Gasteiger partial charge is 0.382 e. The lowest BCUT2D eigenvalue weighted by Crippen LogP contribution is -2.39. The highest BCUT2D eigenvalue weighted by Gasteiger charge is 2.34. The molecule has 1 N–H and O–H groups in total. The Kier molecular flexibility index (Phi) is 7.28. The Bertz CT molecular complexity index is 262. The van der Waals surface area contributed by atoms with Gasteiger partial charge in [0, 0.05) is 44.9 Å². The van der Waals surface area contributed by atoms with Crippen LogP contribution in [0.15, 0.2) is 0 Å². The maximum atomic E-state index is 5.35. The van der Waals surface area contributed by atoms with Crippen molar-refractivity contribution in [2.45, 2.75) is 51.1 Å². The van der Waals surface area contributed by atoms with E-state index in [2.05, 4.69) is 29.1 Å². The molecule has 0 aromatic rings. The summed E-state index contributed by atoms with van der Waals surface area (Å²) in [4.78, 5) is 5.29. The van der Waals surface area contributed by atoms with Crippen LogP contribution in [0.3, 0.4) is 0 Å². The van der Waals surface area contributed by atoms with Gasteiger partial charge in [-0.3, -0.25) is 4.90 Å². The van der Waals surface area contributed by atoms with Gasteiger partial charge in [-0.05, 0) is 59.2 Å². The predicted octanol–water partition coefficient (Wildman–Crippen LogP) is 1.56. The monoisotopic (exact) mass is 283 g/mol. The molecule has 2 fully saturated rings. The SMILES string of the molecule is CCOCCCCNCCN1CCC2CCC(C1)N2C. The highest BCUT2D eigenvalue weighted by molar-refractivity contribution is 4.91. The molecule has 2 saturated heterocycles. The molecule has 2 atom stereocenters. The van der Waals surface area contributed by atoms with E-state index in [9.17, 15) is 0 Å². The first-order valence-electron chi connectivity index (χ1n) is 8.54. The van der Waals surface area contributed by atoms with E-state index >= 15 is 0 Å². The van der Waals surface area contributed by atoms with E-state index in [1.54, 1.807) is 0 Å². The first kappa shape index (κ1) is 16.2. The van der Waals surface area contributed by atoms with Crippen molar-refractivity contribution in [3.8, 4) is 0 Å². The Balaban J connectivity index is 1.50. The second-order valence-corrected chi connectivity index (χ2v) is 6.29. The molecule has 4 nitrogen and oxygen atoms in total. The molecule has 0 aliphatic carbocycles. The summed E-state index contributed by atoms with van der Waals surface area (Å²) in [5.41, 5.74) is 0. The Labute approximate surface area is 124 Å². The minimum Gasteiger partial charge on any atom is -0.382 e. The van der Waals surface area contributed by atoms with E-state index < -0.39 is 0 Å². The molecular weight excluding hydrogens is 250 g/mol. The summed E-state index contributed by atoms with van der Waals surface area (Å²) < 4.78 is 5.35. The number of fused-ring (bicyclic) bond motifs is 2. The minimum absolute atomic E-state index is 0.814. The third-order valence-electron chi connectivity index (χ3n) is 4.93. The Morgan fingerprint density at radius 2 is 1.95 bits per heavy atom. The first-order chi connectivity index (χ1) is 9.81. The maximum Gasteiger partial charge on any atom is 0.0466 e. The average Bonchev–Trinajstić information content (AvgIpc) is 2.69. The van der Waals surface area contributed by atoms with Crippen molar-refractivity contribution in [1.29, 1.82) is 0 Å². The molecule has 2 bridgehead atoms. The van der Waals surface area contributed by atoms with Crippen LogP contribution < -0.4 is 5.32 Å². The second kappa shape index (κ2) is 8.98. The van der Waals surface area contributed by atoms with Crippen LogP contribution in [0, 0.1) is 0 Å². The lowest BCUT2D eigenvalue weighted by Gasteiger charge is -2.25. The highest BCUT2D eigenvalue weighted by Crippen LogP contribution is 2.28. The molecule has 2 unspecified atom stereocenters. The van der Waals surface area contributed by atoms with E-state index in [0.717, 1.165) is 38.4 Å². The molecular formula is C16H33N3O. The topological polar surface area (TPSA) is 27.7 Å². The van der Waals surface area contributed by atoms with E-state index in [1.807, 2.05) is 0 Å². The number of ether oxygens (including phenoxy) is 1. The number of likely N-dealkylation sites (N-methyl/N-ethyl adjacent to an activating group) is 1. The molecule has 2 aliphatic rings. The van der Waals surface area contributed by atoms with Crippen LogP contribution in [-0.4, -0.2) is 74.9 Å². The summed E-state index contributed by atoms with van der Waals surface area (Å²) in [7, 11) is 2.32. The van der Waals surface area contributed by atoms with E-state index in [1.165, 1.54) is 51.7 Å². The third-order valence-corrected chi connectivity index (χ3v) is 4.93. The van der Waals surface area contributed by atoms with Crippen LogP contribution in [0.5, 0.6) is 0 Å². The Morgan fingerprint density at radius 3 is 2.80 bits per heavy atom. The quantitative estimate of drug-likeness (QED) is 0.650. The summed E-state index contributed by atoms with van der Waals surface area (Å²) >= 11 is 0. The van der Waals surface area contributed by atoms with Crippen molar-refractivity contribution < 1.29 is 4.74 Å². The highest BCUT2D eigenvalue weighted by atomic mass is 16.5. The summed E-state index contributed by atoms with van der Waals surface area (Å²) in [6, 6.07) is 1.67. The molecule has 0 aromatic carbocycles. The lowest BCUT2D eigenvalue weighted by molar-refractivity contribution is 0.143. The third kappa shape index (κ3) is 4.99. The van der Waals surface area contributed by atoms with Gasteiger partial charge in [0.2, 0.25) is 0 Å². The molecule has 20 heavy (non-hydrogen) atoms. The number of nitrogens with zero attached hydrogens (tertiary/aromatic N) is 2. The van der Waals surface area contributed by atoms with E-state index in [-0.39, 0.29) is 0 Å². The van der Waals surface area contributed by atoms with Crippen molar-refractivity contribution in [1.82, 2.24) is 15.1 Å². The zero-order valence-electron chi connectivity index (χ0n) is 13.4. The molecule has 2 rings (SSSR count). The zero-order valence-corrected chi connectivity index (χ0v) is 13.4. The average molecular weight is 283 g/mol. The van der Waals surface area contributed by atoms with Crippen LogP contribution in [0.2, 0.25) is 0 Å². The molecule has 118 valence electrons. The summed E-state index contributed by atoms with van der Waals surface area (Å²) in [5.74, 6) is 0. The Morgan fingerprint density at radius 1 is 1.10 bits per heavy atom. The number of hydrogen-bond donors (Lipinski definition) is 1. The summed E-state index contributed by atoms with van der Waals surface area (Å²) in [6.45, 7) is 9.86. The van der Waals surface area contributed by atoms with Crippen molar-refractivity contribution in [2.24, 2.45) is 0 Å². The minimum atomic E-state index is 0.814. The molecule has 0 radical (unpaired) electrons. The molecule has 0 saturated carbocycles. The normalized spacial score (nSPS) is 27.9. The van der Waals surface area contributed by atoms with E-state index in [4.69, 9.17) is 4.74 Å². The van der Waals surface area contributed by atoms with Gasteiger partial charge < -0.3 is 15.0 Å². The fourth-order valence-electron chi connectivity index (χ4n) is 3.54. The van der Waals surface area contributed by atoms with Gasteiger partial charge in [0.1, 0.15) is 0 Å².